The van der Waals surface area contributed by atoms with Crippen molar-refractivity contribution in [3.8, 4) is 5.69 Å². The highest BCUT2D eigenvalue weighted by atomic mass is 35.5. The maximum absolute atomic E-state index is 12.1. The monoisotopic (exact) mass is 345 g/mol. The lowest BCUT2D eigenvalue weighted by Gasteiger charge is -2.03. The summed E-state index contributed by atoms with van der Waals surface area (Å²) in [4.78, 5) is 27.8. The van der Waals surface area contributed by atoms with Crippen LogP contribution in [0.3, 0.4) is 0 Å². The van der Waals surface area contributed by atoms with E-state index in [2.05, 4.69) is 20.9 Å². The minimum atomic E-state index is -0.647. The van der Waals surface area contributed by atoms with Gasteiger partial charge in [-0.05, 0) is 43.3 Å². The molecule has 0 aliphatic rings. The van der Waals surface area contributed by atoms with Gasteiger partial charge in [-0.25, -0.2) is 9.67 Å². The summed E-state index contributed by atoms with van der Waals surface area (Å²) >= 11 is 5.85. The highest BCUT2D eigenvalue weighted by molar-refractivity contribution is 6.30. The maximum Gasteiger partial charge on any atom is 0.309 e. The lowest BCUT2D eigenvalue weighted by atomic mass is 10.3. The average molecular weight is 346 g/mol. The van der Waals surface area contributed by atoms with Crippen molar-refractivity contribution in [3.05, 3.63) is 65.1 Å². The van der Waals surface area contributed by atoms with Gasteiger partial charge in [0, 0.05) is 5.02 Å². The molecule has 0 saturated carbocycles. The summed E-state index contributed by atoms with van der Waals surface area (Å²) in [6, 6.07) is 9.96. The summed E-state index contributed by atoms with van der Waals surface area (Å²) in [7, 11) is 0. The highest BCUT2D eigenvalue weighted by Gasteiger charge is 2.17. The molecular weight excluding hydrogens is 334 g/mol. The van der Waals surface area contributed by atoms with Crippen LogP contribution in [0.2, 0.25) is 5.02 Å². The first-order valence-corrected chi connectivity index (χ1v) is 7.26. The smallest absolute Gasteiger partial charge is 0.309 e. The van der Waals surface area contributed by atoms with Gasteiger partial charge in [0.25, 0.3) is 0 Å². The second-order valence-electron chi connectivity index (χ2n) is 4.76. The number of hydrogen-bond acceptors (Lipinski definition) is 5. The number of aryl methyl sites for hydroxylation is 1. The first-order chi connectivity index (χ1) is 11.5. The molecular formula is C15H12ClN5O3. The normalized spacial score (nSPS) is 10.4. The number of nitrogens with zero attached hydrogens (tertiary/aromatic N) is 3. The second-order valence-corrected chi connectivity index (χ2v) is 5.19. The van der Waals surface area contributed by atoms with Crippen molar-refractivity contribution in [2.75, 3.05) is 0 Å². The van der Waals surface area contributed by atoms with Gasteiger partial charge in [-0.15, -0.1) is 5.10 Å². The lowest BCUT2D eigenvalue weighted by molar-refractivity contribution is 0.0826. The Balaban J connectivity index is 1.71. The van der Waals surface area contributed by atoms with E-state index < -0.39 is 11.8 Å². The van der Waals surface area contributed by atoms with Crippen LogP contribution in [0.15, 0.2) is 47.1 Å². The Morgan fingerprint density at radius 1 is 1.12 bits per heavy atom. The number of hydrazine groups is 1. The number of rotatable bonds is 3. The third-order valence-corrected chi connectivity index (χ3v) is 3.33. The number of furan rings is 1. The summed E-state index contributed by atoms with van der Waals surface area (Å²) in [6.07, 6.45) is 1.36. The summed E-state index contributed by atoms with van der Waals surface area (Å²) in [5, 5.41) is 4.72. The quantitative estimate of drug-likeness (QED) is 0.706. The third-order valence-electron chi connectivity index (χ3n) is 3.08. The van der Waals surface area contributed by atoms with E-state index in [0.717, 1.165) is 0 Å². The van der Waals surface area contributed by atoms with Crippen LogP contribution in [0.5, 0.6) is 0 Å². The fourth-order valence-electron chi connectivity index (χ4n) is 1.95. The molecule has 0 aliphatic carbocycles. The van der Waals surface area contributed by atoms with Crippen molar-refractivity contribution in [3.63, 3.8) is 0 Å². The van der Waals surface area contributed by atoms with E-state index in [0.29, 0.717) is 16.5 Å². The van der Waals surface area contributed by atoms with Crippen molar-refractivity contribution in [2.45, 2.75) is 6.92 Å². The summed E-state index contributed by atoms with van der Waals surface area (Å²) in [5.74, 6) is -0.721. The number of carbonyl (C=O) groups excluding carboxylic acids is 2. The summed E-state index contributed by atoms with van der Waals surface area (Å²) in [5.41, 5.74) is 5.16. The molecule has 1 aromatic carbocycles. The van der Waals surface area contributed by atoms with E-state index in [4.69, 9.17) is 16.0 Å². The predicted octanol–water partition coefficient (Wildman–Crippen LogP) is 1.90. The first kappa shape index (κ1) is 15.8. The van der Waals surface area contributed by atoms with Crippen LogP contribution in [-0.2, 0) is 0 Å². The fraction of sp³-hybridized carbons (Fsp3) is 0.0667. The summed E-state index contributed by atoms with van der Waals surface area (Å²) < 4.78 is 6.41. The molecule has 3 rings (SSSR count). The molecule has 0 atom stereocenters. The van der Waals surface area contributed by atoms with Crippen LogP contribution in [0.1, 0.15) is 27.0 Å². The van der Waals surface area contributed by atoms with Crippen LogP contribution in [0.4, 0.5) is 0 Å². The number of hydrogen-bond donors (Lipinski definition) is 2. The van der Waals surface area contributed by atoms with E-state index in [1.165, 1.54) is 17.0 Å². The third kappa shape index (κ3) is 3.28. The van der Waals surface area contributed by atoms with Gasteiger partial charge in [0.2, 0.25) is 5.82 Å². The van der Waals surface area contributed by atoms with E-state index in [-0.39, 0.29) is 11.6 Å². The first-order valence-electron chi connectivity index (χ1n) is 6.88. The van der Waals surface area contributed by atoms with E-state index in [1.54, 1.807) is 37.3 Å². The molecule has 3 aromatic rings. The second kappa shape index (κ2) is 6.55. The Kier molecular flexibility index (Phi) is 4.30. The van der Waals surface area contributed by atoms with Crippen molar-refractivity contribution in [1.82, 2.24) is 25.6 Å². The molecule has 9 heteroatoms. The van der Waals surface area contributed by atoms with Gasteiger partial charge in [-0.1, -0.05) is 11.6 Å². The largest absolute Gasteiger partial charge is 0.459 e. The maximum atomic E-state index is 12.1. The number of carbonyl (C=O) groups is 2. The Morgan fingerprint density at radius 3 is 2.50 bits per heavy atom. The van der Waals surface area contributed by atoms with Gasteiger partial charge in [-0.3, -0.25) is 20.4 Å². The molecule has 0 spiro atoms. The molecule has 0 bridgehead atoms. The fourth-order valence-corrected chi connectivity index (χ4v) is 2.08. The number of halogens is 1. The Bertz CT molecular complexity index is 871. The zero-order chi connectivity index (χ0) is 17.1. The molecule has 0 fully saturated rings. The highest BCUT2D eigenvalue weighted by Crippen LogP contribution is 2.14. The van der Waals surface area contributed by atoms with E-state index >= 15 is 0 Å². The molecule has 2 N–H and O–H groups in total. The predicted molar refractivity (Wildman–Crippen MR) is 84.7 cm³/mol. The number of nitrogens with one attached hydrogen (secondary N) is 2. The van der Waals surface area contributed by atoms with Gasteiger partial charge < -0.3 is 4.42 Å². The van der Waals surface area contributed by atoms with Gasteiger partial charge in [-0.2, -0.15) is 0 Å². The Labute approximate surface area is 141 Å². The molecule has 2 aromatic heterocycles. The van der Waals surface area contributed by atoms with E-state index in [1.807, 2.05) is 0 Å². The van der Waals surface area contributed by atoms with E-state index in [9.17, 15) is 9.59 Å². The number of benzene rings is 1. The number of aromatic nitrogens is 3. The molecule has 0 unspecified atom stereocenters. The average Bonchev–Trinajstić information content (AvgIpc) is 3.23. The van der Waals surface area contributed by atoms with Gasteiger partial charge in [0.15, 0.2) is 5.76 Å². The summed E-state index contributed by atoms with van der Waals surface area (Å²) in [6.45, 7) is 1.71. The topological polar surface area (TPSA) is 102 Å². The Morgan fingerprint density at radius 2 is 1.83 bits per heavy atom. The van der Waals surface area contributed by atoms with Crippen molar-refractivity contribution < 1.29 is 14.0 Å². The van der Waals surface area contributed by atoms with Crippen LogP contribution in [-0.4, -0.2) is 26.6 Å². The van der Waals surface area contributed by atoms with Crippen molar-refractivity contribution >= 4 is 23.4 Å². The van der Waals surface area contributed by atoms with Crippen LogP contribution < -0.4 is 10.9 Å². The zero-order valence-corrected chi connectivity index (χ0v) is 13.2. The number of amides is 2. The minimum absolute atomic E-state index is 0.0751. The van der Waals surface area contributed by atoms with Crippen molar-refractivity contribution in [2.24, 2.45) is 0 Å². The van der Waals surface area contributed by atoms with Gasteiger partial charge in [0.05, 0.1) is 12.0 Å². The molecule has 0 aliphatic heterocycles. The molecule has 122 valence electrons. The molecule has 2 heterocycles. The molecule has 2 amide bonds. The lowest BCUT2D eigenvalue weighted by Crippen LogP contribution is -2.42. The SMILES string of the molecule is Cc1nc(C(=O)NNC(=O)c2ccco2)nn1-c1ccc(Cl)cc1. The van der Waals surface area contributed by atoms with Crippen LogP contribution >= 0.6 is 11.6 Å². The molecule has 8 nitrogen and oxygen atoms in total. The van der Waals surface area contributed by atoms with Crippen LogP contribution in [0.25, 0.3) is 5.69 Å². The van der Waals surface area contributed by atoms with Crippen molar-refractivity contribution in [1.29, 1.82) is 0 Å². The van der Waals surface area contributed by atoms with Crippen LogP contribution in [0, 0.1) is 6.92 Å². The molecule has 0 radical (unpaired) electrons. The van der Waals surface area contributed by atoms with Gasteiger partial charge in [0.1, 0.15) is 5.82 Å². The zero-order valence-electron chi connectivity index (χ0n) is 12.5. The Hall–Kier alpha value is -3.13. The molecule has 0 saturated heterocycles. The minimum Gasteiger partial charge on any atom is -0.459 e. The standard InChI is InChI=1S/C15H12ClN5O3/c1-9-17-13(20-21(9)11-6-4-10(16)5-7-11)15(23)19-18-14(22)12-3-2-8-24-12/h2-8H,1H3,(H,18,22)(H,19,23). The van der Waals surface area contributed by atoms with Gasteiger partial charge >= 0.3 is 11.8 Å². The molecule has 24 heavy (non-hydrogen) atoms.